The van der Waals surface area contributed by atoms with Gasteiger partial charge in [-0.2, -0.15) is 0 Å². The molecule has 2 rings (SSSR count). The quantitative estimate of drug-likeness (QED) is 0.920. The van der Waals surface area contributed by atoms with E-state index in [-0.39, 0.29) is 12.2 Å². The van der Waals surface area contributed by atoms with Crippen LogP contribution in [-0.4, -0.2) is 11.1 Å². The molecule has 0 saturated heterocycles. The largest absolute Gasteiger partial charge is 0.485 e. The average molecular weight is 267 g/mol. The second-order valence-corrected chi connectivity index (χ2v) is 4.24. The summed E-state index contributed by atoms with van der Waals surface area (Å²) in [5.41, 5.74) is 1.02. The number of carboxylic acids is 1. The van der Waals surface area contributed by atoms with Gasteiger partial charge < -0.3 is 14.3 Å². The highest BCUT2D eigenvalue weighted by atomic mass is 35.5. The zero-order chi connectivity index (χ0) is 13.1. The van der Waals surface area contributed by atoms with E-state index in [0.717, 1.165) is 5.56 Å². The van der Waals surface area contributed by atoms with Gasteiger partial charge in [-0.25, -0.2) is 4.79 Å². The Labute approximate surface area is 109 Å². The van der Waals surface area contributed by atoms with E-state index in [0.29, 0.717) is 16.5 Å². The van der Waals surface area contributed by atoms with Crippen molar-refractivity contribution in [1.82, 2.24) is 0 Å². The third-order valence-electron chi connectivity index (χ3n) is 2.41. The molecule has 0 spiro atoms. The lowest BCUT2D eigenvalue weighted by atomic mass is 10.2. The molecule has 0 fully saturated rings. The molecule has 0 aliphatic carbocycles. The first-order valence-corrected chi connectivity index (χ1v) is 5.63. The maximum Gasteiger partial charge on any atom is 0.338 e. The highest BCUT2D eigenvalue weighted by molar-refractivity contribution is 6.30. The molecule has 5 heteroatoms. The molecule has 1 heterocycles. The molecule has 0 unspecified atom stereocenters. The first-order valence-electron chi connectivity index (χ1n) is 5.26. The van der Waals surface area contributed by atoms with Crippen LogP contribution in [0.4, 0.5) is 0 Å². The van der Waals surface area contributed by atoms with E-state index in [9.17, 15) is 4.79 Å². The van der Waals surface area contributed by atoms with Crippen molar-refractivity contribution in [2.45, 2.75) is 13.5 Å². The summed E-state index contributed by atoms with van der Waals surface area (Å²) in [4.78, 5) is 10.7. The highest BCUT2D eigenvalue weighted by Crippen LogP contribution is 2.23. The zero-order valence-electron chi connectivity index (χ0n) is 9.64. The van der Waals surface area contributed by atoms with E-state index in [1.54, 1.807) is 18.2 Å². The second-order valence-electron chi connectivity index (χ2n) is 3.81. The molecule has 0 saturated carbocycles. The number of aryl methyl sites for hydroxylation is 1. The summed E-state index contributed by atoms with van der Waals surface area (Å²) >= 11 is 5.83. The van der Waals surface area contributed by atoms with Crippen molar-refractivity contribution in [2.75, 3.05) is 0 Å². The van der Waals surface area contributed by atoms with Crippen molar-refractivity contribution < 1.29 is 19.1 Å². The third-order valence-corrected chi connectivity index (χ3v) is 2.64. The topological polar surface area (TPSA) is 59.7 Å². The van der Waals surface area contributed by atoms with Gasteiger partial charge in [-0.3, -0.25) is 0 Å². The van der Waals surface area contributed by atoms with E-state index < -0.39 is 5.97 Å². The van der Waals surface area contributed by atoms with Crippen molar-refractivity contribution in [2.24, 2.45) is 0 Å². The van der Waals surface area contributed by atoms with Crippen LogP contribution in [0, 0.1) is 6.92 Å². The molecule has 18 heavy (non-hydrogen) atoms. The molecule has 1 aromatic heterocycles. The number of hydrogen-bond donors (Lipinski definition) is 1. The summed E-state index contributed by atoms with van der Waals surface area (Å²) in [6.07, 6.45) is 1.19. The minimum atomic E-state index is -1.02. The summed E-state index contributed by atoms with van der Waals surface area (Å²) in [6.45, 7) is 2.06. The second kappa shape index (κ2) is 5.14. The summed E-state index contributed by atoms with van der Waals surface area (Å²) in [6, 6.07) is 6.72. The Kier molecular flexibility index (Phi) is 3.58. The Morgan fingerprint density at radius 1 is 1.44 bits per heavy atom. The number of carbonyl (C=O) groups is 1. The van der Waals surface area contributed by atoms with Crippen LogP contribution >= 0.6 is 11.6 Å². The number of ether oxygens (including phenoxy) is 1. The van der Waals surface area contributed by atoms with Crippen LogP contribution in [0.2, 0.25) is 5.02 Å². The van der Waals surface area contributed by atoms with Crippen molar-refractivity contribution in [3.8, 4) is 5.75 Å². The van der Waals surface area contributed by atoms with Gasteiger partial charge in [0.25, 0.3) is 0 Å². The standard InChI is InChI=1S/C13H11ClO4/c1-8-4-10(14)2-3-12(8)18-7-11-5-9(6-17-11)13(15)16/h2-6H,7H2,1H3,(H,15,16). The van der Waals surface area contributed by atoms with Crippen LogP contribution in [0.5, 0.6) is 5.75 Å². The molecule has 0 aliphatic rings. The lowest BCUT2D eigenvalue weighted by Gasteiger charge is -2.07. The van der Waals surface area contributed by atoms with Gasteiger partial charge in [0.15, 0.2) is 0 Å². The Morgan fingerprint density at radius 3 is 2.83 bits per heavy atom. The molecule has 0 amide bonds. The van der Waals surface area contributed by atoms with E-state index in [4.69, 9.17) is 25.9 Å². The molecule has 4 nitrogen and oxygen atoms in total. The van der Waals surface area contributed by atoms with Crippen molar-refractivity contribution in [3.05, 3.63) is 52.4 Å². The number of aromatic carboxylic acids is 1. The maximum absolute atomic E-state index is 10.7. The van der Waals surface area contributed by atoms with Crippen LogP contribution in [-0.2, 0) is 6.61 Å². The van der Waals surface area contributed by atoms with Gasteiger partial charge in [0.1, 0.15) is 24.4 Å². The summed E-state index contributed by atoms with van der Waals surface area (Å²) in [5, 5.41) is 9.39. The molecule has 94 valence electrons. The number of furan rings is 1. The fraction of sp³-hybridized carbons (Fsp3) is 0.154. The highest BCUT2D eigenvalue weighted by Gasteiger charge is 2.09. The minimum absolute atomic E-state index is 0.112. The van der Waals surface area contributed by atoms with Crippen LogP contribution in [0.1, 0.15) is 21.7 Å². The predicted octanol–water partition coefficient (Wildman–Crippen LogP) is 3.52. The van der Waals surface area contributed by atoms with Gasteiger partial charge in [-0.1, -0.05) is 11.6 Å². The van der Waals surface area contributed by atoms with Crippen LogP contribution in [0.15, 0.2) is 34.9 Å². The summed E-state index contributed by atoms with van der Waals surface area (Å²) in [7, 11) is 0. The molecule has 0 atom stereocenters. The molecule has 0 aliphatic heterocycles. The van der Waals surface area contributed by atoms with E-state index in [2.05, 4.69) is 0 Å². The van der Waals surface area contributed by atoms with Gasteiger partial charge in [0.2, 0.25) is 0 Å². The zero-order valence-corrected chi connectivity index (χ0v) is 10.4. The van der Waals surface area contributed by atoms with Crippen LogP contribution in [0.25, 0.3) is 0 Å². The summed E-state index contributed by atoms with van der Waals surface area (Å²) < 4.78 is 10.6. The SMILES string of the molecule is Cc1cc(Cl)ccc1OCc1cc(C(=O)O)co1. The smallest absolute Gasteiger partial charge is 0.338 e. The van der Waals surface area contributed by atoms with Gasteiger partial charge >= 0.3 is 5.97 Å². The number of rotatable bonds is 4. The molecular weight excluding hydrogens is 256 g/mol. The van der Waals surface area contributed by atoms with Crippen molar-refractivity contribution in [1.29, 1.82) is 0 Å². The molecule has 0 bridgehead atoms. The first kappa shape index (κ1) is 12.5. The van der Waals surface area contributed by atoms with Crippen molar-refractivity contribution in [3.63, 3.8) is 0 Å². The van der Waals surface area contributed by atoms with E-state index in [1.165, 1.54) is 12.3 Å². The Hall–Kier alpha value is -1.94. The first-order chi connectivity index (χ1) is 8.56. The van der Waals surface area contributed by atoms with E-state index in [1.807, 2.05) is 6.92 Å². The predicted molar refractivity (Wildman–Crippen MR) is 66.2 cm³/mol. The molecule has 2 aromatic rings. The van der Waals surface area contributed by atoms with Gasteiger partial charge in [0.05, 0.1) is 5.56 Å². The maximum atomic E-state index is 10.7. The fourth-order valence-corrected chi connectivity index (χ4v) is 1.72. The monoisotopic (exact) mass is 266 g/mol. The number of hydrogen-bond acceptors (Lipinski definition) is 3. The summed E-state index contributed by atoms with van der Waals surface area (Å²) in [5.74, 6) is 0.127. The molecule has 1 N–H and O–H groups in total. The Morgan fingerprint density at radius 2 is 2.22 bits per heavy atom. The van der Waals surface area contributed by atoms with E-state index >= 15 is 0 Å². The molecular formula is C13H11ClO4. The number of carboxylic acid groups (broad SMARTS) is 1. The number of halogens is 1. The number of benzene rings is 1. The molecule has 1 aromatic carbocycles. The van der Waals surface area contributed by atoms with Crippen molar-refractivity contribution >= 4 is 17.6 Å². The third kappa shape index (κ3) is 2.84. The minimum Gasteiger partial charge on any atom is -0.485 e. The van der Waals surface area contributed by atoms with Gasteiger partial charge in [-0.15, -0.1) is 0 Å². The average Bonchev–Trinajstić information content (AvgIpc) is 2.76. The Balaban J connectivity index is 2.04. The lowest BCUT2D eigenvalue weighted by Crippen LogP contribution is -1.96. The molecule has 0 radical (unpaired) electrons. The van der Waals surface area contributed by atoms with Gasteiger partial charge in [-0.05, 0) is 36.8 Å². The van der Waals surface area contributed by atoms with Crippen LogP contribution in [0.3, 0.4) is 0 Å². The van der Waals surface area contributed by atoms with Crippen LogP contribution < -0.4 is 4.74 Å². The van der Waals surface area contributed by atoms with Gasteiger partial charge in [0, 0.05) is 5.02 Å². The lowest BCUT2D eigenvalue weighted by molar-refractivity contribution is 0.0696. The normalized spacial score (nSPS) is 10.3. The fourth-order valence-electron chi connectivity index (χ4n) is 1.49. The Bertz CT molecular complexity index is 574.